The Morgan fingerprint density at radius 1 is 1.05 bits per heavy atom. The van der Waals surface area contributed by atoms with Gasteiger partial charge in [0.2, 0.25) is 10.0 Å². The van der Waals surface area contributed by atoms with Gasteiger partial charge in [-0.3, -0.25) is 4.98 Å². The molecule has 118 valence electrons. The summed E-state index contributed by atoms with van der Waals surface area (Å²) < 4.78 is 37.8. The predicted molar refractivity (Wildman–Crippen MR) is 82.5 cm³/mol. The van der Waals surface area contributed by atoms with Gasteiger partial charge in [0.05, 0.1) is 19.1 Å². The molecular weight excluding hydrogens is 304 g/mol. The van der Waals surface area contributed by atoms with Crippen LogP contribution in [-0.2, 0) is 10.0 Å². The Balaban J connectivity index is 2.27. The number of nitrogens with one attached hydrogen (secondary N) is 1. The van der Waals surface area contributed by atoms with Gasteiger partial charge in [0.25, 0.3) is 0 Å². The van der Waals surface area contributed by atoms with Crippen molar-refractivity contribution in [1.29, 1.82) is 0 Å². The topological polar surface area (TPSA) is 77.5 Å². The second-order valence-electron chi connectivity index (χ2n) is 4.64. The maximum absolute atomic E-state index is 12.5. The Labute approximate surface area is 130 Å². The molecule has 1 heterocycles. The number of methoxy groups -OCH3 is 2. The van der Waals surface area contributed by atoms with E-state index in [4.69, 9.17) is 9.47 Å². The average Bonchev–Trinajstić information content (AvgIpc) is 2.54. The summed E-state index contributed by atoms with van der Waals surface area (Å²) in [7, 11) is -0.716. The highest BCUT2D eigenvalue weighted by molar-refractivity contribution is 7.89. The third-order valence-electron chi connectivity index (χ3n) is 3.20. The fourth-order valence-corrected chi connectivity index (χ4v) is 3.25. The fourth-order valence-electron chi connectivity index (χ4n) is 2.00. The van der Waals surface area contributed by atoms with E-state index in [0.717, 1.165) is 5.56 Å². The van der Waals surface area contributed by atoms with Crippen LogP contribution in [0.1, 0.15) is 18.5 Å². The molecule has 1 aromatic heterocycles. The molecule has 2 rings (SSSR count). The molecule has 0 saturated heterocycles. The second kappa shape index (κ2) is 6.76. The molecule has 1 N–H and O–H groups in total. The second-order valence-corrected chi connectivity index (χ2v) is 6.35. The number of ether oxygens (including phenoxy) is 2. The lowest BCUT2D eigenvalue weighted by Crippen LogP contribution is -2.26. The third-order valence-corrected chi connectivity index (χ3v) is 4.74. The molecular formula is C15H18N2O4S. The number of nitrogens with zero attached hydrogens (tertiary/aromatic N) is 1. The summed E-state index contributed by atoms with van der Waals surface area (Å²) in [5, 5.41) is 0. The summed E-state index contributed by atoms with van der Waals surface area (Å²) in [6, 6.07) is 7.62. The molecule has 0 unspecified atom stereocenters. The van der Waals surface area contributed by atoms with Crippen LogP contribution < -0.4 is 14.2 Å². The Hall–Kier alpha value is -2.12. The van der Waals surface area contributed by atoms with E-state index in [1.165, 1.54) is 26.4 Å². The maximum atomic E-state index is 12.5. The van der Waals surface area contributed by atoms with E-state index in [2.05, 4.69) is 9.71 Å². The van der Waals surface area contributed by atoms with Crippen LogP contribution in [0.2, 0.25) is 0 Å². The summed E-state index contributed by atoms with van der Waals surface area (Å²) >= 11 is 0. The molecule has 0 amide bonds. The van der Waals surface area contributed by atoms with Crippen molar-refractivity contribution >= 4 is 10.0 Å². The van der Waals surface area contributed by atoms with Crippen LogP contribution in [0, 0.1) is 0 Å². The summed E-state index contributed by atoms with van der Waals surface area (Å²) in [6.07, 6.45) is 3.24. The lowest BCUT2D eigenvalue weighted by atomic mass is 10.1. The zero-order valence-electron chi connectivity index (χ0n) is 12.6. The van der Waals surface area contributed by atoms with Gasteiger partial charge in [0.1, 0.15) is 0 Å². The van der Waals surface area contributed by atoms with Gasteiger partial charge in [-0.2, -0.15) is 0 Å². The average molecular weight is 322 g/mol. The summed E-state index contributed by atoms with van der Waals surface area (Å²) in [5.41, 5.74) is 0.832. The Morgan fingerprint density at radius 2 is 1.68 bits per heavy atom. The summed E-state index contributed by atoms with van der Waals surface area (Å²) in [5.74, 6) is 0.838. The van der Waals surface area contributed by atoms with Crippen molar-refractivity contribution in [3.05, 3.63) is 48.3 Å². The van der Waals surface area contributed by atoms with Gasteiger partial charge in [-0.05, 0) is 36.8 Å². The molecule has 0 fully saturated rings. The Bertz CT molecular complexity index is 732. The molecule has 0 aliphatic carbocycles. The van der Waals surface area contributed by atoms with Gasteiger partial charge in [0, 0.05) is 24.5 Å². The molecule has 0 aliphatic heterocycles. The number of sulfonamides is 1. The first-order valence-corrected chi connectivity index (χ1v) is 8.10. The Morgan fingerprint density at radius 3 is 2.27 bits per heavy atom. The van der Waals surface area contributed by atoms with Gasteiger partial charge in [-0.25, -0.2) is 13.1 Å². The fraction of sp³-hybridized carbons (Fsp3) is 0.267. The first-order chi connectivity index (χ1) is 10.5. The number of aromatic nitrogens is 1. The van der Waals surface area contributed by atoms with Crippen LogP contribution in [0.3, 0.4) is 0 Å². The Kier molecular flexibility index (Phi) is 4.99. The van der Waals surface area contributed by atoms with Crippen molar-refractivity contribution in [2.75, 3.05) is 14.2 Å². The molecule has 0 aliphatic rings. The summed E-state index contributed by atoms with van der Waals surface area (Å²) in [6.45, 7) is 1.77. The largest absolute Gasteiger partial charge is 0.493 e. The van der Waals surface area contributed by atoms with E-state index in [1.807, 2.05) is 0 Å². The van der Waals surface area contributed by atoms with Crippen LogP contribution >= 0.6 is 0 Å². The van der Waals surface area contributed by atoms with Crippen molar-refractivity contribution in [2.45, 2.75) is 17.9 Å². The number of hydrogen-bond donors (Lipinski definition) is 1. The van der Waals surface area contributed by atoms with E-state index in [1.54, 1.807) is 37.5 Å². The quantitative estimate of drug-likeness (QED) is 0.881. The normalized spacial score (nSPS) is 12.7. The predicted octanol–water partition coefficient (Wildman–Crippen LogP) is 2.14. The highest BCUT2D eigenvalue weighted by Gasteiger charge is 2.20. The standard InChI is InChI=1S/C15H18N2O4S/c1-11(12-6-8-16-9-7-12)17-22(18,19)13-4-5-14(20-2)15(10-13)21-3/h4-11,17H,1-3H3/t11-/m0/s1. The minimum atomic E-state index is -3.67. The van der Waals surface area contributed by atoms with Crippen LogP contribution in [0.5, 0.6) is 11.5 Å². The zero-order valence-corrected chi connectivity index (χ0v) is 13.4. The van der Waals surface area contributed by atoms with Crippen LogP contribution in [0.4, 0.5) is 0 Å². The van der Waals surface area contributed by atoms with Crippen LogP contribution in [0.15, 0.2) is 47.6 Å². The third kappa shape index (κ3) is 3.55. The molecule has 1 atom stereocenters. The van der Waals surface area contributed by atoms with Crippen molar-refractivity contribution in [2.24, 2.45) is 0 Å². The van der Waals surface area contributed by atoms with Gasteiger partial charge in [0.15, 0.2) is 11.5 Å². The molecule has 0 saturated carbocycles. The molecule has 2 aromatic rings. The monoisotopic (exact) mass is 322 g/mol. The van der Waals surface area contributed by atoms with Crippen molar-refractivity contribution in [3.63, 3.8) is 0 Å². The molecule has 1 aromatic carbocycles. The van der Waals surface area contributed by atoms with Gasteiger partial charge < -0.3 is 9.47 Å². The van der Waals surface area contributed by atoms with Crippen molar-refractivity contribution < 1.29 is 17.9 Å². The molecule has 22 heavy (non-hydrogen) atoms. The molecule has 0 bridgehead atoms. The lowest BCUT2D eigenvalue weighted by Gasteiger charge is -2.15. The first-order valence-electron chi connectivity index (χ1n) is 6.62. The highest BCUT2D eigenvalue weighted by atomic mass is 32.2. The first kappa shape index (κ1) is 16.3. The molecule has 0 spiro atoms. The minimum absolute atomic E-state index is 0.117. The number of pyridine rings is 1. The zero-order chi connectivity index (χ0) is 16.2. The van der Waals surface area contributed by atoms with Gasteiger partial charge in [-0.15, -0.1) is 0 Å². The molecule has 7 heteroatoms. The van der Waals surface area contributed by atoms with E-state index >= 15 is 0 Å². The van der Waals surface area contributed by atoms with Crippen LogP contribution in [0.25, 0.3) is 0 Å². The van der Waals surface area contributed by atoms with Crippen molar-refractivity contribution in [3.8, 4) is 11.5 Å². The molecule has 0 radical (unpaired) electrons. The van der Waals surface area contributed by atoms with E-state index < -0.39 is 10.0 Å². The smallest absolute Gasteiger partial charge is 0.241 e. The minimum Gasteiger partial charge on any atom is -0.493 e. The van der Waals surface area contributed by atoms with Crippen molar-refractivity contribution in [1.82, 2.24) is 9.71 Å². The number of benzene rings is 1. The number of hydrogen-bond acceptors (Lipinski definition) is 5. The lowest BCUT2D eigenvalue weighted by molar-refractivity contribution is 0.354. The van der Waals surface area contributed by atoms with E-state index in [-0.39, 0.29) is 10.9 Å². The summed E-state index contributed by atoms with van der Waals surface area (Å²) in [4.78, 5) is 4.03. The van der Waals surface area contributed by atoms with E-state index in [9.17, 15) is 8.42 Å². The van der Waals surface area contributed by atoms with Gasteiger partial charge in [-0.1, -0.05) is 0 Å². The SMILES string of the molecule is COc1ccc(S(=O)(=O)N[C@@H](C)c2ccncc2)cc1OC. The highest BCUT2D eigenvalue weighted by Crippen LogP contribution is 2.29. The van der Waals surface area contributed by atoms with Gasteiger partial charge >= 0.3 is 0 Å². The number of rotatable bonds is 6. The van der Waals surface area contributed by atoms with Crippen LogP contribution in [-0.4, -0.2) is 27.6 Å². The van der Waals surface area contributed by atoms with E-state index in [0.29, 0.717) is 11.5 Å². The maximum Gasteiger partial charge on any atom is 0.241 e. The molecule has 6 nitrogen and oxygen atoms in total.